The Morgan fingerprint density at radius 2 is 1.62 bits per heavy atom. The smallest absolute Gasteiger partial charge is 0.296 e. The van der Waals surface area contributed by atoms with Crippen molar-refractivity contribution < 1.29 is 17.7 Å². The van der Waals surface area contributed by atoms with Gasteiger partial charge in [-0.2, -0.15) is 8.42 Å². The Morgan fingerprint density at radius 1 is 0.966 bits per heavy atom. The van der Waals surface area contributed by atoms with Crippen molar-refractivity contribution in [3.05, 3.63) is 33.5 Å². The summed E-state index contributed by atoms with van der Waals surface area (Å²) in [6, 6.07) is 3.92. The van der Waals surface area contributed by atoms with E-state index in [4.69, 9.17) is 39.5 Å². The topological polar surface area (TPSA) is 165 Å². The van der Waals surface area contributed by atoms with Crippen LogP contribution in [0.4, 0.5) is 23.0 Å². The van der Waals surface area contributed by atoms with Gasteiger partial charge in [-0.15, -0.1) is 20.4 Å². The van der Waals surface area contributed by atoms with Gasteiger partial charge in [0.2, 0.25) is 11.6 Å². The standard InChI is InChI=1S/C13H9Cl3N8O4S/c1-28-9-11(16)20-24-22-13(9)17-5-2-3-6(7(4-5)29(25,26)27)18-12-8(14)10(15)19-23-21-12/h2-4H,1H3,(H,17,20,22)(H,18,19,21)(H,25,26,27). The second-order valence-corrected chi connectivity index (χ2v) is 7.62. The van der Waals surface area contributed by atoms with E-state index in [1.165, 1.54) is 19.2 Å². The SMILES string of the molecule is COc1c(Cl)nnnc1Nc1ccc(Nc2nnnc(Cl)c2Cl)c(S(=O)(=O)O)c1. The number of hydrogen-bond acceptors (Lipinski definition) is 11. The zero-order valence-corrected chi connectivity index (χ0v) is 17.2. The molecule has 0 atom stereocenters. The van der Waals surface area contributed by atoms with E-state index in [2.05, 4.69) is 41.5 Å². The molecule has 0 unspecified atom stereocenters. The van der Waals surface area contributed by atoms with Crippen LogP contribution in [0.1, 0.15) is 0 Å². The first-order chi connectivity index (χ1) is 13.7. The molecule has 2 aromatic heterocycles. The molecule has 3 rings (SSSR count). The van der Waals surface area contributed by atoms with Crippen LogP contribution in [-0.2, 0) is 10.1 Å². The maximum absolute atomic E-state index is 11.9. The third-order valence-corrected chi connectivity index (χ3v) is 5.19. The molecule has 3 N–H and O–H groups in total. The van der Waals surface area contributed by atoms with E-state index >= 15 is 0 Å². The van der Waals surface area contributed by atoms with E-state index in [-0.39, 0.29) is 44.1 Å². The van der Waals surface area contributed by atoms with E-state index < -0.39 is 15.0 Å². The van der Waals surface area contributed by atoms with Crippen molar-refractivity contribution in [1.29, 1.82) is 0 Å². The summed E-state index contributed by atoms with van der Waals surface area (Å²) < 4.78 is 38.5. The average molecular weight is 480 g/mol. The fraction of sp³-hybridized carbons (Fsp3) is 0.0769. The van der Waals surface area contributed by atoms with Gasteiger partial charge in [0, 0.05) is 5.69 Å². The molecule has 3 aromatic rings. The predicted molar refractivity (Wildman–Crippen MR) is 104 cm³/mol. The van der Waals surface area contributed by atoms with E-state index in [0.717, 1.165) is 6.07 Å². The van der Waals surface area contributed by atoms with Gasteiger partial charge in [-0.05, 0) is 28.6 Å². The molecule has 2 heterocycles. The van der Waals surface area contributed by atoms with Crippen LogP contribution >= 0.6 is 34.8 Å². The summed E-state index contributed by atoms with van der Waals surface area (Å²) in [6.45, 7) is 0. The highest BCUT2D eigenvalue weighted by atomic mass is 35.5. The number of rotatable bonds is 6. The van der Waals surface area contributed by atoms with Crippen LogP contribution in [0.2, 0.25) is 15.3 Å². The normalized spacial score (nSPS) is 11.2. The second kappa shape index (κ2) is 8.42. The fourth-order valence-electron chi connectivity index (χ4n) is 2.11. The van der Waals surface area contributed by atoms with Crippen molar-refractivity contribution in [1.82, 2.24) is 30.8 Å². The van der Waals surface area contributed by atoms with Gasteiger partial charge in [0.1, 0.15) is 9.92 Å². The van der Waals surface area contributed by atoms with Crippen LogP contribution in [0.25, 0.3) is 0 Å². The largest absolute Gasteiger partial charge is 0.490 e. The predicted octanol–water partition coefficient (Wildman–Crippen LogP) is 2.76. The van der Waals surface area contributed by atoms with E-state index in [1.54, 1.807) is 0 Å². The van der Waals surface area contributed by atoms with Crippen LogP contribution in [0.5, 0.6) is 5.75 Å². The first-order valence-electron chi connectivity index (χ1n) is 7.33. The highest BCUT2D eigenvalue weighted by Crippen LogP contribution is 2.34. The molecular weight excluding hydrogens is 471 g/mol. The molecule has 0 fully saturated rings. The second-order valence-electron chi connectivity index (χ2n) is 5.14. The first kappa shape index (κ1) is 21.1. The summed E-state index contributed by atoms with van der Waals surface area (Å²) >= 11 is 17.6. The molecule has 0 aliphatic rings. The molecule has 0 saturated carbocycles. The summed E-state index contributed by atoms with van der Waals surface area (Å²) in [5.41, 5.74) is 0.158. The molecule has 12 nitrogen and oxygen atoms in total. The lowest BCUT2D eigenvalue weighted by Gasteiger charge is -2.13. The molecule has 29 heavy (non-hydrogen) atoms. The molecule has 1 aromatic carbocycles. The molecule has 16 heteroatoms. The average Bonchev–Trinajstić information content (AvgIpc) is 2.66. The molecule has 0 radical (unpaired) electrons. The van der Waals surface area contributed by atoms with Gasteiger partial charge in [-0.3, -0.25) is 4.55 Å². The van der Waals surface area contributed by atoms with E-state index in [0.29, 0.717) is 0 Å². The summed E-state index contributed by atoms with van der Waals surface area (Å²) in [7, 11) is -3.32. The number of halogens is 3. The lowest BCUT2D eigenvalue weighted by Crippen LogP contribution is -2.07. The zero-order valence-electron chi connectivity index (χ0n) is 14.1. The van der Waals surface area contributed by atoms with Gasteiger partial charge in [0.05, 0.1) is 12.8 Å². The molecule has 0 aliphatic carbocycles. The van der Waals surface area contributed by atoms with Crippen LogP contribution in [-0.4, -0.2) is 50.9 Å². The molecule has 0 saturated heterocycles. The van der Waals surface area contributed by atoms with Crippen LogP contribution in [0, 0.1) is 0 Å². The Hall–Kier alpha value is -2.58. The lowest BCUT2D eigenvalue weighted by atomic mass is 10.2. The number of aromatic nitrogens is 6. The number of benzene rings is 1. The molecular formula is C13H9Cl3N8O4S. The molecule has 0 bridgehead atoms. The molecule has 0 amide bonds. The fourth-order valence-corrected chi connectivity index (χ4v) is 3.23. The van der Waals surface area contributed by atoms with Gasteiger partial charge >= 0.3 is 0 Å². The number of anilines is 4. The van der Waals surface area contributed by atoms with Crippen molar-refractivity contribution in [3.8, 4) is 5.75 Å². The van der Waals surface area contributed by atoms with Gasteiger partial charge in [0.15, 0.2) is 16.1 Å². The Morgan fingerprint density at radius 3 is 2.28 bits per heavy atom. The Balaban J connectivity index is 2.01. The minimum Gasteiger partial charge on any atom is -0.490 e. The van der Waals surface area contributed by atoms with Gasteiger partial charge in [-0.1, -0.05) is 34.8 Å². The van der Waals surface area contributed by atoms with Crippen molar-refractivity contribution >= 4 is 67.9 Å². The van der Waals surface area contributed by atoms with E-state index in [1.807, 2.05) is 0 Å². The number of ether oxygens (including phenoxy) is 1. The van der Waals surface area contributed by atoms with Gasteiger partial charge in [-0.25, -0.2) is 0 Å². The minimum absolute atomic E-state index is 0.0534. The number of nitrogens with one attached hydrogen (secondary N) is 2. The Labute approximate surface area is 178 Å². The highest BCUT2D eigenvalue weighted by molar-refractivity contribution is 7.86. The number of nitrogens with zero attached hydrogens (tertiary/aromatic N) is 6. The van der Waals surface area contributed by atoms with Crippen LogP contribution in [0.15, 0.2) is 23.1 Å². The van der Waals surface area contributed by atoms with Crippen LogP contribution in [0.3, 0.4) is 0 Å². The highest BCUT2D eigenvalue weighted by Gasteiger charge is 2.20. The van der Waals surface area contributed by atoms with Crippen molar-refractivity contribution in [3.63, 3.8) is 0 Å². The third kappa shape index (κ3) is 4.71. The van der Waals surface area contributed by atoms with Crippen molar-refractivity contribution in [2.75, 3.05) is 17.7 Å². The molecule has 0 spiro atoms. The Kier molecular flexibility index (Phi) is 6.14. The summed E-state index contributed by atoms with van der Waals surface area (Å²) in [5.74, 6) is 0.0980. The number of hydrogen-bond donors (Lipinski definition) is 3. The van der Waals surface area contributed by atoms with E-state index in [9.17, 15) is 13.0 Å². The summed E-state index contributed by atoms with van der Waals surface area (Å²) in [6.07, 6.45) is 0. The van der Waals surface area contributed by atoms with Gasteiger partial charge < -0.3 is 15.4 Å². The minimum atomic E-state index is -4.66. The third-order valence-electron chi connectivity index (χ3n) is 3.33. The number of methoxy groups -OCH3 is 1. The maximum Gasteiger partial charge on any atom is 0.296 e. The van der Waals surface area contributed by atoms with Gasteiger partial charge in [0.25, 0.3) is 10.1 Å². The maximum atomic E-state index is 11.9. The molecule has 152 valence electrons. The lowest BCUT2D eigenvalue weighted by molar-refractivity contribution is 0.411. The summed E-state index contributed by atoms with van der Waals surface area (Å²) in [5, 5.41) is 26.3. The Bertz CT molecular complexity index is 1180. The van der Waals surface area contributed by atoms with Crippen molar-refractivity contribution in [2.24, 2.45) is 0 Å². The monoisotopic (exact) mass is 478 g/mol. The molecule has 0 aliphatic heterocycles. The van der Waals surface area contributed by atoms with Crippen molar-refractivity contribution in [2.45, 2.75) is 4.90 Å². The summed E-state index contributed by atoms with van der Waals surface area (Å²) in [4.78, 5) is -0.500. The first-order valence-corrected chi connectivity index (χ1v) is 9.91. The quantitative estimate of drug-likeness (QED) is 0.443. The zero-order chi connectivity index (χ0) is 21.2. The van der Waals surface area contributed by atoms with Crippen LogP contribution < -0.4 is 15.4 Å².